The molecule has 1 nitrogen and oxygen atoms in total. The smallest absolute Gasteiger partial charge is 0.107 e. The van der Waals surface area contributed by atoms with E-state index in [9.17, 15) is 0 Å². The van der Waals surface area contributed by atoms with Gasteiger partial charge in [-0.05, 0) is 6.42 Å². The van der Waals surface area contributed by atoms with Crippen LogP contribution in [0.15, 0.2) is 12.7 Å². The summed E-state index contributed by atoms with van der Waals surface area (Å²) in [5.41, 5.74) is 0. The van der Waals surface area contributed by atoms with E-state index in [-0.39, 0.29) is 0 Å². The molecular weight excluding hydrogens is 148 g/mol. The quantitative estimate of drug-likeness (QED) is 0.350. The Hall–Kier alpha value is -1.18. The lowest BCUT2D eigenvalue weighted by Crippen LogP contribution is -1.80. The lowest BCUT2D eigenvalue weighted by atomic mass is 10.3. The van der Waals surface area contributed by atoms with Crippen molar-refractivity contribution in [3.8, 4) is 23.7 Å². The summed E-state index contributed by atoms with van der Waals surface area (Å²) >= 11 is 0. The van der Waals surface area contributed by atoms with Gasteiger partial charge in [0.15, 0.2) is 0 Å². The molecule has 0 heterocycles. The molecule has 0 rings (SSSR count). The molecule has 0 amide bonds. The van der Waals surface area contributed by atoms with Gasteiger partial charge >= 0.3 is 0 Å². The molecule has 0 N–H and O–H groups in total. The predicted molar refractivity (Wildman–Crippen MR) is 51.5 cm³/mol. The molecule has 0 aliphatic carbocycles. The molecule has 64 valence electrons. The summed E-state index contributed by atoms with van der Waals surface area (Å²) in [5, 5.41) is 0. The minimum Gasteiger partial charge on any atom is -0.372 e. The first-order valence-corrected chi connectivity index (χ1v) is 3.93. The molecule has 0 aromatic rings. The van der Waals surface area contributed by atoms with E-state index >= 15 is 0 Å². The molecule has 0 unspecified atom stereocenters. The van der Waals surface area contributed by atoms with Crippen molar-refractivity contribution in [2.45, 2.75) is 19.3 Å². The van der Waals surface area contributed by atoms with Crippen molar-refractivity contribution in [2.24, 2.45) is 0 Å². The first-order chi connectivity index (χ1) is 5.91. The van der Waals surface area contributed by atoms with E-state index in [1.54, 1.807) is 7.11 Å². The normalized spacial score (nSPS) is 7.42. The van der Waals surface area contributed by atoms with Gasteiger partial charge in [0, 0.05) is 13.5 Å². The van der Waals surface area contributed by atoms with Crippen molar-refractivity contribution in [1.82, 2.24) is 0 Å². The van der Waals surface area contributed by atoms with Crippen molar-refractivity contribution < 1.29 is 4.74 Å². The Labute approximate surface area is 74.8 Å². The Bertz CT molecular complexity index is 219. The zero-order chi connectivity index (χ0) is 9.07. The van der Waals surface area contributed by atoms with Crippen LogP contribution in [0, 0.1) is 23.7 Å². The van der Waals surface area contributed by atoms with Crippen LogP contribution in [-0.4, -0.2) is 13.7 Å². The van der Waals surface area contributed by atoms with Crippen molar-refractivity contribution in [1.29, 1.82) is 0 Å². The molecule has 12 heavy (non-hydrogen) atoms. The van der Waals surface area contributed by atoms with Gasteiger partial charge in [0.25, 0.3) is 0 Å². The minimum atomic E-state index is 0.494. The van der Waals surface area contributed by atoms with Crippen LogP contribution in [-0.2, 0) is 4.74 Å². The molecule has 0 aliphatic heterocycles. The zero-order valence-electron chi connectivity index (χ0n) is 7.52. The maximum absolute atomic E-state index is 4.75. The van der Waals surface area contributed by atoms with Gasteiger partial charge in [-0.1, -0.05) is 23.8 Å². The summed E-state index contributed by atoms with van der Waals surface area (Å²) in [7, 11) is 1.63. The van der Waals surface area contributed by atoms with Crippen LogP contribution in [0.25, 0.3) is 0 Å². The highest BCUT2D eigenvalue weighted by Gasteiger charge is 1.72. The molecule has 1 heteroatoms. The fraction of sp³-hybridized carbons (Fsp3) is 0.455. The van der Waals surface area contributed by atoms with Crippen LogP contribution < -0.4 is 0 Å². The van der Waals surface area contributed by atoms with Crippen molar-refractivity contribution >= 4 is 0 Å². The van der Waals surface area contributed by atoms with Crippen LogP contribution in [0.2, 0.25) is 0 Å². The second-order valence-electron chi connectivity index (χ2n) is 2.14. The van der Waals surface area contributed by atoms with E-state index in [4.69, 9.17) is 4.74 Å². The molecule has 0 spiro atoms. The van der Waals surface area contributed by atoms with Crippen LogP contribution >= 0.6 is 0 Å². The molecule has 0 radical (unpaired) electrons. The van der Waals surface area contributed by atoms with Crippen LogP contribution in [0.3, 0.4) is 0 Å². The van der Waals surface area contributed by atoms with Gasteiger partial charge in [0.05, 0.1) is 6.42 Å². The number of hydrogen-bond donors (Lipinski definition) is 0. The van der Waals surface area contributed by atoms with E-state index in [1.165, 1.54) is 0 Å². The van der Waals surface area contributed by atoms with Gasteiger partial charge in [-0.25, -0.2) is 0 Å². The largest absolute Gasteiger partial charge is 0.372 e. The average Bonchev–Trinajstić information content (AvgIpc) is 2.10. The Kier molecular flexibility index (Phi) is 8.85. The van der Waals surface area contributed by atoms with Gasteiger partial charge in [-0.15, -0.1) is 12.5 Å². The summed E-state index contributed by atoms with van der Waals surface area (Å²) in [5.74, 6) is 11.7. The summed E-state index contributed by atoms with van der Waals surface area (Å²) < 4.78 is 4.75. The fourth-order valence-corrected chi connectivity index (χ4v) is 0.555. The third-order valence-corrected chi connectivity index (χ3v) is 1.12. The molecule has 0 aromatic carbocycles. The van der Waals surface area contributed by atoms with Gasteiger partial charge in [-0.3, -0.25) is 0 Å². The highest BCUT2D eigenvalue weighted by Crippen LogP contribution is 1.85. The van der Waals surface area contributed by atoms with Crippen LogP contribution in [0.1, 0.15) is 19.3 Å². The molecule has 0 aromatic heterocycles. The summed E-state index contributed by atoms with van der Waals surface area (Å²) in [6.07, 6.45) is 4.35. The number of ether oxygens (including phenoxy) is 1. The van der Waals surface area contributed by atoms with Gasteiger partial charge in [-0.2, -0.15) is 0 Å². The van der Waals surface area contributed by atoms with E-state index in [0.717, 1.165) is 12.8 Å². The molecule has 0 saturated carbocycles. The highest BCUT2D eigenvalue weighted by atomic mass is 16.5. The van der Waals surface area contributed by atoms with Crippen molar-refractivity contribution in [2.75, 3.05) is 13.7 Å². The second kappa shape index (κ2) is 9.82. The Morgan fingerprint density at radius 1 is 1.25 bits per heavy atom. The van der Waals surface area contributed by atoms with E-state index < -0.39 is 0 Å². The summed E-state index contributed by atoms with van der Waals surface area (Å²) in [6.45, 7) is 4.10. The van der Waals surface area contributed by atoms with Crippen LogP contribution in [0.4, 0.5) is 0 Å². The standard InChI is InChI=1S/C11H14O/c1-3-4-5-6-7-8-9-10-11-12-2/h3H,1,4-5,8,11H2,2H3. The van der Waals surface area contributed by atoms with Gasteiger partial charge in [0.2, 0.25) is 0 Å². The minimum absolute atomic E-state index is 0.494. The molecular formula is C11H14O. The molecule has 0 atom stereocenters. The first kappa shape index (κ1) is 10.8. The monoisotopic (exact) mass is 162 g/mol. The molecule has 0 bridgehead atoms. The Morgan fingerprint density at radius 2 is 2.00 bits per heavy atom. The SMILES string of the molecule is C=CCCC#CCC#CCOC. The summed E-state index contributed by atoms with van der Waals surface area (Å²) in [6, 6.07) is 0. The maximum atomic E-state index is 4.75. The third-order valence-electron chi connectivity index (χ3n) is 1.12. The number of hydrogen-bond acceptors (Lipinski definition) is 1. The fourth-order valence-electron chi connectivity index (χ4n) is 0.555. The topological polar surface area (TPSA) is 9.23 Å². The van der Waals surface area contributed by atoms with E-state index in [2.05, 4.69) is 30.3 Å². The zero-order valence-corrected chi connectivity index (χ0v) is 7.52. The summed E-state index contributed by atoms with van der Waals surface area (Å²) in [4.78, 5) is 0. The van der Waals surface area contributed by atoms with Crippen molar-refractivity contribution in [3.63, 3.8) is 0 Å². The van der Waals surface area contributed by atoms with E-state index in [0.29, 0.717) is 13.0 Å². The number of rotatable bonds is 3. The number of unbranched alkanes of at least 4 members (excludes halogenated alkanes) is 1. The first-order valence-electron chi connectivity index (χ1n) is 3.93. The number of allylic oxidation sites excluding steroid dienone is 1. The van der Waals surface area contributed by atoms with Gasteiger partial charge in [0.1, 0.15) is 6.61 Å². The number of methoxy groups -OCH3 is 1. The average molecular weight is 162 g/mol. The predicted octanol–water partition coefficient (Wildman–Crippen LogP) is 2.00. The lowest BCUT2D eigenvalue weighted by Gasteiger charge is -1.80. The van der Waals surface area contributed by atoms with Crippen molar-refractivity contribution in [3.05, 3.63) is 12.7 Å². The second-order valence-corrected chi connectivity index (χ2v) is 2.14. The molecule has 0 aliphatic rings. The lowest BCUT2D eigenvalue weighted by molar-refractivity contribution is 0.239. The highest BCUT2D eigenvalue weighted by molar-refractivity contribution is 5.11. The van der Waals surface area contributed by atoms with Crippen LogP contribution in [0.5, 0.6) is 0 Å². The van der Waals surface area contributed by atoms with Gasteiger partial charge < -0.3 is 4.74 Å². The Morgan fingerprint density at radius 3 is 2.67 bits per heavy atom. The maximum Gasteiger partial charge on any atom is 0.107 e. The molecule has 0 fully saturated rings. The Balaban J connectivity index is 3.33. The van der Waals surface area contributed by atoms with E-state index in [1.807, 2.05) is 6.08 Å². The third kappa shape index (κ3) is 8.82. The molecule has 0 saturated heterocycles.